The molecule has 1 aliphatic rings. The molecule has 0 aliphatic carbocycles. The van der Waals surface area contributed by atoms with Crippen LogP contribution in [0.5, 0.6) is 5.75 Å². The molecule has 1 heterocycles. The lowest BCUT2D eigenvalue weighted by molar-refractivity contribution is -0.134. The van der Waals surface area contributed by atoms with Crippen molar-refractivity contribution in [2.75, 3.05) is 32.8 Å². The molecule has 3 rings (SSSR count). The molecular formula is C21H23N3O5S. The summed E-state index contributed by atoms with van der Waals surface area (Å²) in [4.78, 5) is 25.4. The van der Waals surface area contributed by atoms with Crippen LogP contribution < -0.4 is 10.5 Å². The molecule has 158 valence electrons. The van der Waals surface area contributed by atoms with Crippen molar-refractivity contribution in [3.8, 4) is 5.75 Å². The van der Waals surface area contributed by atoms with Gasteiger partial charge in [0.25, 0.3) is 11.8 Å². The third-order valence-electron chi connectivity index (χ3n) is 4.69. The van der Waals surface area contributed by atoms with Gasteiger partial charge in [-0.15, -0.1) is 0 Å². The van der Waals surface area contributed by atoms with Crippen LogP contribution in [0.15, 0.2) is 60.0 Å². The van der Waals surface area contributed by atoms with Crippen LogP contribution in [-0.4, -0.2) is 62.2 Å². The molecule has 0 radical (unpaired) electrons. The summed E-state index contributed by atoms with van der Waals surface area (Å²) >= 11 is 0. The number of nitrogens with two attached hydrogens (primary N) is 1. The molecule has 0 aromatic heterocycles. The molecule has 0 saturated carbocycles. The van der Waals surface area contributed by atoms with Crippen LogP contribution in [-0.2, 0) is 14.8 Å². The number of para-hydroxylation sites is 1. The number of carbonyl (C=O) groups is 2. The quantitative estimate of drug-likeness (QED) is 0.714. The van der Waals surface area contributed by atoms with Crippen molar-refractivity contribution in [1.29, 1.82) is 0 Å². The van der Waals surface area contributed by atoms with Crippen LogP contribution >= 0.6 is 0 Å². The second kappa shape index (κ2) is 9.55. The Morgan fingerprint density at radius 2 is 1.60 bits per heavy atom. The van der Waals surface area contributed by atoms with Crippen LogP contribution in [0, 0.1) is 0 Å². The Morgan fingerprint density at radius 3 is 2.27 bits per heavy atom. The van der Waals surface area contributed by atoms with Crippen molar-refractivity contribution in [3.63, 3.8) is 0 Å². The van der Waals surface area contributed by atoms with Gasteiger partial charge in [-0.05, 0) is 23.8 Å². The van der Waals surface area contributed by atoms with Gasteiger partial charge >= 0.3 is 0 Å². The van der Waals surface area contributed by atoms with Gasteiger partial charge in [-0.25, -0.2) is 8.42 Å². The molecule has 0 unspecified atom stereocenters. The number of primary amides is 1. The van der Waals surface area contributed by atoms with E-state index in [4.69, 9.17) is 10.5 Å². The highest BCUT2D eigenvalue weighted by Crippen LogP contribution is 2.17. The van der Waals surface area contributed by atoms with Gasteiger partial charge in [0, 0.05) is 31.6 Å². The molecule has 2 aromatic rings. The van der Waals surface area contributed by atoms with Gasteiger partial charge in [0.2, 0.25) is 10.0 Å². The summed E-state index contributed by atoms with van der Waals surface area (Å²) in [6.45, 7) is 0.664. The number of benzene rings is 2. The first-order valence-corrected chi connectivity index (χ1v) is 10.9. The molecule has 1 aliphatic heterocycles. The Morgan fingerprint density at radius 1 is 0.967 bits per heavy atom. The maximum Gasteiger partial charge on any atom is 0.260 e. The number of amides is 2. The normalized spacial score (nSPS) is 15.3. The summed E-state index contributed by atoms with van der Waals surface area (Å²) in [6, 6.07) is 15.6. The lowest BCUT2D eigenvalue weighted by Gasteiger charge is -2.33. The first kappa shape index (κ1) is 21.5. The van der Waals surface area contributed by atoms with Crippen molar-refractivity contribution >= 4 is 27.9 Å². The Hall–Kier alpha value is -3.17. The molecule has 2 amide bonds. The number of sulfonamides is 1. The molecule has 2 aromatic carbocycles. The number of nitrogens with zero attached hydrogens (tertiary/aromatic N) is 2. The van der Waals surface area contributed by atoms with Crippen LogP contribution in [0.2, 0.25) is 0 Å². The van der Waals surface area contributed by atoms with E-state index in [9.17, 15) is 18.0 Å². The highest BCUT2D eigenvalue weighted by Gasteiger charge is 2.27. The van der Waals surface area contributed by atoms with Gasteiger partial charge in [-0.3, -0.25) is 9.59 Å². The maximum atomic E-state index is 12.5. The summed E-state index contributed by atoms with van der Waals surface area (Å²) in [5.74, 6) is -0.683. The standard InChI is InChI=1S/C21H23N3O5S/c22-21(26)18-8-4-5-9-19(18)29-16-20(25)23-11-13-24(14-12-23)30(27,28)15-10-17-6-2-1-3-7-17/h1-10,15H,11-14,16H2,(H2,22,26). The maximum absolute atomic E-state index is 12.5. The zero-order chi connectivity index (χ0) is 21.6. The molecular weight excluding hydrogens is 406 g/mol. The van der Waals surface area contributed by atoms with Gasteiger partial charge in [-0.1, -0.05) is 42.5 Å². The summed E-state index contributed by atoms with van der Waals surface area (Å²) < 4.78 is 31.8. The van der Waals surface area contributed by atoms with E-state index in [2.05, 4.69) is 0 Å². The second-order valence-electron chi connectivity index (χ2n) is 6.69. The molecule has 30 heavy (non-hydrogen) atoms. The van der Waals surface area contributed by atoms with E-state index in [0.717, 1.165) is 5.56 Å². The minimum Gasteiger partial charge on any atom is -0.483 e. The summed E-state index contributed by atoms with van der Waals surface area (Å²) in [5.41, 5.74) is 6.29. The topological polar surface area (TPSA) is 110 Å². The van der Waals surface area contributed by atoms with Crippen molar-refractivity contribution in [1.82, 2.24) is 9.21 Å². The van der Waals surface area contributed by atoms with Gasteiger partial charge in [0.15, 0.2) is 6.61 Å². The zero-order valence-electron chi connectivity index (χ0n) is 16.3. The molecule has 0 atom stereocenters. The molecule has 1 fully saturated rings. The van der Waals surface area contributed by atoms with E-state index in [1.807, 2.05) is 30.3 Å². The predicted molar refractivity (Wildman–Crippen MR) is 113 cm³/mol. The third kappa shape index (κ3) is 5.46. The summed E-state index contributed by atoms with van der Waals surface area (Å²) in [7, 11) is -3.57. The average molecular weight is 429 g/mol. The third-order valence-corrected chi connectivity index (χ3v) is 6.25. The van der Waals surface area contributed by atoms with Crippen molar-refractivity contribution in [2.24, 2.45) is 5.73 Å². The van der Waals surface area contributed by atoms with Gasteiger partial charge in [0.1, 0.15) is 5.75 Å². The molecule has 8 nitrogen and oxygen atoms in total. The fourth-order valence-corrected chi connectivity index (χ4v) is 4.21. The molecule has 2 N–H and O–H groups in total. The number of hydrogen-bond donors (Lipinski definition) is 1. The first-order valence-electron chi connectivity index (χ1n) is 9.39. The fraction of sp³-hybridized carbons (Fsp3) is 0.238. The molecule has 9 heteroatoms. The van der Waals surface area contributed by atoms with Gasteiger partial charge in [0.05, 0.1) is 5.56 Å². The average Bonchev–Trinajstić information content (AvgIpc) is 2.77. The van der Waals surface area contributed by atoms with E-state index in [-0.39, 0.29) is 50.0 Å². The summed E-state index contributed by atoms with van der Waals surface area (Å²) in [5, 5.41) is 1.18. The van der Waals surface area contributed by atoms with Crippen molar-refractivity contribution < 1.29 is 22.7 Å². The summed E-state index contributed by atoms with van der Waals surface area (Å²) in [6.07, 6.45) is 1.55. The predicted octanol–water partition coefficient (Wildman–Crippen LogP) is 1.31. The number of piperazine rings is 1. The number of rotatable bonds is 7. The van der Waals surface area contributed by atoms with Crippen LogP contribution in [0.3, 0.4) is 0 Å². The van der Waals surface area contributed by atoms with Gasteiger partial charge in [-0.2, -0.15) is 4.31 Å². The van der Waals surface area contributed by atoms with Crippen molar-refractivity contribution in [2.45, 2.75) is 0 Å². The first-order chi connectivity index (χ1) is 14.4. The SMILES string of the molecule is NC(=O)c1ccccc1OCC(=O)N1CCN(S(=O)(=O)C=Cc2ccccc2)CC1. The van der Waals surface area contributed by atoms with Gasteiger partial charge < -0.3 is 15.4 Å². The van der Waals surface area contributed by atoms with Crippen LogP contribution in [0.4, 0.5) is 0 Å². The number of hydrogen-bond acceptors (Lipinski definition) is 5. The van der Waals surface area contributed by atoms with E-state index < -0.39 is 15.9 Å². The van der Waals surface area contributed by atoms with Crippen LogP contribution in [0.25, 0.3) is 6.08 Å². The second-order valence-corrected chi connectivity index (χ2v) is 8.51. The minimum absolute atomic E-state index is 0.199. The lowest BCUT2D eigenvalue weighted by atomic mass is 10.2. The van der Waals surface area contributed by atoms with E-state index in [1.165, 1.54) is 15.8 Å². The highest BCUT2D eigenvalue weighted by molar-refractivity contribution is 7.92. The highest BCUT2D eigenvalue weighted by atomic mass is 32.2. The molecule has 0 bridgehead atoms. The zero-order valence-corrected chi connectivity index (χ0v) is 17.1. The molecule has 1 saturated heterocycles. The Bertz CT molecular complexity index is 1030. The Labute approximate surface area is 175 Å². The Kier molecular flexibility index (Phi) is 6.86. The van der Waals surface area contributed by atoms with E-state index >= 15 is 0 Å². The molecule has 0 spiro atoms. The van der Waals surface area contributed by atoms with E-state index in [0.29, 0.717) is 0 Å². The van der Waals surface area contributed by atoms with E-state index in [1.54, 1.807) is 29.2 Å². The van der Waals surface area contributed by atoms with Crippen LogP contribution in [0.1, 0.15) is 15.9 Å². The monoisotopic (exact) mass is 429 g/mol. The number of ether oxygens (including phenoxy) is 1. The largest absolute Gasteiger partial charge is 0.483 e. The minimum atomic E-state index is -3.57. The fourth-order valence-electron chi connectivity index (χ4n) is 3.03. The lowest BCUT2D eigenvalue weighted by Crippen LogP contribution is -2.51. The Balaban J connectivity index is 1.53. The number of carbonyl (C=O) groups excluding carboxylic acids is 2. The smallest absolute Gasteiger partial charge is 0.260 e. The van der Waals surface area contributed by atoms with Crippen molar-refractivity contribution in [3.05, 3.63) is 71.1 Å².